The van der Waals surface area contributed by atoms with Gasteiger partial charge in [0.15, 0.2) is 0 Å². The molecule has 0 unspecified atom stereocenters. The fraction of sp³-hybridized carbons (Fsp3) is 0.538. The van der Waals surface area contributed by atoms with Crippen LogP contribution in [0.1, 0.15) is 25.3 Å². The Balaban J connectivity index is 2.20. The molecule has 5 nitrogen and oxygen atoms in total. The molecule has 1 aliphatic carbocycles. The molecule has 0 atom stereocenters. The third kappa shape index (κ3) is 3.08. The molecule has 1 aliphatic rings. The van der Waals surface area contributed by atoms with E-state index in [1.54, 1.807) is 18.2 Å². The van der Waals surface area contributed by atoms with Gasteiger partial charge in [-0.25, -0.2) is 13.1 Å². The lowest BCUT2D eigenvalue weighted by molar-refractivity contribution is 0.270. The number of ether oxygens (including phenoxy) is 1. The monoisotopic (exact) mass is 284 g/mol. The standard InChI is InChI=1S/C13H20N2O3S/c1-9-5-11(6-9)15-19(16,17)12-3-4-13(18-2)10(7-12)8-14/h3-4,7,9,11,15H,5-6,8,14H2,1-2H3. The summed E-state index contributed by atoms with van der Waals surface area (Å²) in [6.07, 6.45) is 1.80. The highest BCUT2D eigenvalue weighted by Gasteiger charge is 2.30. The second kappa shape index (κ2) is 5.48. The molecule has 1 aromatic rings. The van der Waals surface area contributed by atoms with Crippen LogP contribution in [-0.2, 0) is 16.6 Å². The average molecular weight is 284 g/mol. The van der Waals surface area contributed by atoms with Crippen LogP contribution in [-0.4, -0.2) is 21.6 Å². The van der Waals surface area contributed by atoms with Gasteiger partial charge in [0.1, 0.15) is 5.75 Å². The topological polar surface area (TPSA) is 81.4 Å². The summed E-state index contributed by atoms with van der Waals surface area (Å²) in [6, 6.07) is 4.81. The van der Waals surface area contributed by atoms with E-state index < -0.39 is 10.0 Å². The number of benzene rings is 1. The molecule has 6 heteroatoms. The third-order valence-corrected chi connectivity index (χ3v) is 5.00. The van der Waals surface area contributed by atoms with Crippen LogP contribution in [0.4, 0.5) is 0 Å². The van der Waals surface area contributed by atoms with Crippen molar-refractivity contribution in [2.45, 2.75) is 37.2 Å². The molecule has 0 heterocycles. The van der Waals surface area contributed by atoms with Gasteiger partial charge < -0.3 is 10.5 Å². The van der Waals surface area contributed by atoms with E-state index in [-0.39, 0.29) is 17.5 Å². The number of nitrogens with one attached hydrogen (secondary N) is 1. The number of sulfonamides is 1. The highest BCUT2D eigenvalue weighted by atomic mass is 32.2. The van der Waals surface area contributed by atoms with Crippen molar-refractivity contribution >= 4 is 10.0 Å². The van der Waals surface area contributed by atoms with Crippen molar-refractivity contribution < 1.29 is 13.2 Å². The number of nitrogens with two attached hydrogens (primary N) is 1. The molecule has 106 valence electrons. The van der Waals surface area contributed by atoms with Gasteiger partial charge in [-0.05, 0) is 37.0 Å². The second-order valence-corrected chi connectivity index (χ2v) is 6.79. The fourth-order valence-electron chi connectivity index (χ4n) is 2.37. The Morgan fingerprint density at radius 1 is 1.42 bits per heavy atom. The minimum atomic E-state index is -3.46. The average Bonchev–Trinajstić information content (AvgIpc) is 2.35. The van der Waals surface area contributed by atoms with E-state index in [2.05, 4.69) is 11.6 Å². The minimum absolute atomic E-state index is 0.0587. The van der Waals surface area contributed by atoms with E-state index in [4.69, 9.17) is 10.5 Å². The SMILES string of the molecule is COc1ccc(S(=O)(=O)NC2CC(C)C2)cc1CN. The number of rotatable bonds is 5. The van der Waals surface area contributed by atoms with Gasteiger partial charge in [0.2, 0.25) is 10.0 Å². The van der Waals surface area contributed by atoms with Gasteiger partial charge in [-0.1, -0.05) is 6.92 Å². The maximum atomic E-state index is 12.2. The first-order valence-corrected chi connectivity index (χ1v) is 7.84. The Kier molecular flexibility index (Phi) is 4.13. The lowest BCUT2D eigenvalue weighted by Crippen LogP contribution is -2.43. The van der Waals surface area contributed by atoms with Crippen LogP contribution in [0, 0.1) is 5.92 Å². The molecule has 0 spiro atoms. The van der Waals surface area contributed by atoms with Crippen LogP contribution in [0.2, 0.25) is 0 Å². The normalized spacial score (nSPS) is 22.9. The maximum absolute atomic E-state index is 12.2. The fourth-order valence-corrected chi connectivity index (χ4v) is 3.68. The molecular weight excluding hydrogens is 264 g/mol. The summed E-state index contributed by atoms with van der Waals surface area (Å²) < 4.78 is 32.3. The minimum Gasteiger partial charge on any atom is -0.496 e. The second-order valence-electron chi connectivity index (χ2n) is 5.07. The Morgan fingerprint density at radius 2 is 2.11 bits per heavy atom. The Labute approximate surface area is 114 Å². The lowest BCUT2D eigenvalue weighted by atomic mass is 9.83. The molecule has 1 saturated carbocycles. The zero-order valence-corrected chi connectivity index (χ0v) is 12.0. The first-order chi connectivity index (χ1) is 8.96. The molecule has 19 heavy (non-hydrogen) atoms. The highest BCUT2D eigenvalue weighted by molar-refractivity contribution is 7.89. The predicted molar refractivity (Wildman–Crippen MR) is 73.4 cm³/mol. The molecule has 0 amide bonds. The molecule has 0 saturated heterocycles. The summed E-state index contributed by atoms with van der Waals surface area (Å²) in [5, 5.41) is 0. The summed E-state index contributed by atoms with van der Waals surface area (Å²) in [6.45, 7) is 2.36. The van der Waals surface area contributed by atoms with Crippen molar-refractivity contribution in [3.63, 3.8) is 0 Å². The zero-order valence-electron chi connectivity index (χ0n) is 11.2. The summed E-state index contributed by atoms with van der Waals surface area (Å²) in [5.74, 6) is 1.21. The molecule has 1 aromatic carbocycles. The van der Waals surface area contributed by atoms with Gasteiger partial charge in [0.05, 0.1) is 12.0 Å². The number of hydrogen-bond donors (Lipinski definition) is 2. The van der Waals surface area contributed by atoms with E-state index in [1.165, 1.54) is 7.11 Å². The zero-order chi connectivity index (χ0) is 14.0. The van der Waals surface area contributed by atoms with Crippen LogP contribution in [0.15, 0.2) is 23.1 Å². The van der Waals surface area contributed by atoms with E-state index >= 15 is 0 Å². The van der Waals surface area contributed by atoms with Gasteiger partial charge in [-0.15, -0.1) is 0 Å². The lowest BCUT2D eigenvalue weighted by Gasteiger charge is -2.32. The van der Waals surface area contributed by atoms with Crippen molar-refractivity contribution in [3.8, 4) is 5.75 Å². The van der Waals surface area contributed by atoms with E-state index in [0.29, 0.717) is 17.2 Å². The van der Waals surface area contributed by atoms with E-state index in [9.17, 15) is 8.42 Å². The van der Waals surface area contributed by atoms with Crippen LogP contribution in [0.25, 0.3) is 0 Å². The first kappa shape index (κ1) is 14.3. The van der Waals surface area contributed by atoms with Crippen molar-refractivity contribution in [2.75, 3.05) is 7.11 Å². The predicted octanol–water partition coefficient (Wildman–Crippen LogP) is 1.23. The first-order valence-electron chi connectivity index (χ1n) is 6.35. The van der Waals surface area contributed by atoms with E-state index in [1.807, 2.05) is 0 Å². The molecule has 0 radical (unpaired) electrons. The maximum Gasteiger partial charge on any atom is 0.240 e. The van der Waals surface area contributed by atoms with Crippen molar-refractivity contribution in [2.24, 2.45) is 11.7 Å². The molecule has 1 fully saturated rings. The van der Waals surface area contributed by atoms with Gasteiger partial charge in [0, 0.05) is 18.2 Å². The largest absolute Gasteiger partial charge is 0.496 e. The summed E-state index contributed by atoms with van der Waals surface area (Å²) in [7, 11) is -1.92. The Hall–Kier alpha value is -1.11. The van der Waals surface area contributed by atoms with Crippen molar-refractivity contribution in [1.82, 2.24) is 4.72 Å². The Morgan fingerprint density at radius 3 is 2.63 bits per heavy atom. The van der Waals surface area contributed by atoms with Crippen LogP contribution >= 0.6 is 0 Å². The van der Waals surface area contributed by atoms with E-state index in [0.717, 1.165) is 12.8 Å². The molecule has 0 aliphatic heterocycles. The molecule has 3 N–H and O–H groups in total. The number of methoxy groups -OCH3 is 1. The summed E-state index contributed by atoms with van der Waals surface area (Å²) >= 11 is 0. The van der Waals surface area contributed by atoms with Gasteiger partial charge in [0.25, 0.3) is 0 Å². The molecular formula is C13H20N2O3S. The molecule has 0 aromatic heterocycles. The van der Waals surface area contributed by atoms with Gasteiger partial charge in [-0.2, -0.15) is 0 Å². The molecule has 2 rings (SSSR count). The van der Waals surface area contributed by atoms with Crippen molar-refractivity contribution in [3.05, 3.63) is 23.8 Å². The van der Waals surface area contributed by atoms with Gasteiger partial charge in [-0.3, -0.25) is 0 Å². The van der Waals surface area contributed by atoms with Crippen LogP contribution in [0.3, 0.4) is 0 Å². The smallest absolute Gasteiger partial charge is 0.240 e. The third-order valence-electron chi connectivity index (χ3n) is 3.48. The van der Waals surface area contributed by atoms with Crippen LogP contribution < -0.4 is 15.2 Å². The van der Waals surface area contributed by atoms with Crippen LogP contribution in [0.5, 0.6) is 5.75 Å². The molecule has 0 bridgehead atoms. The number of hydrogen-bond acceptors (Lipinski definition) is 4. The van der Waals surface area contributed by atoms with Crippen molar-refractivity contribution in [1.29, 1.82) is 0 Å². The quantitative estimate of drug-likeness (QED) is 0.852. The summed E-state index contributed by atoms with van der Waals surface area (Å²) in [5.41, 5.74) is 6.29. The summed E-state index contributed by atoms with van der Waals surface area (Å²) in [4.78, 5) is 0.244. The Bertz CT molecular complexity index is 551. The highest BCUT2D eigenvalue weighted by Crippen LogP contribution is 2.28. The van der Waals surface area contributed by atoms with Gasteiger partial charge >= 0.3 is 0 Å².